The number of ether oxygens (including phenoxy) is 1. The lowest BCUT2D eigenvalue weighted by Crippen LogP contribution is -2.42. The average molecular weight is 228 g/mol. The molecule has 1 fully saturated rings. The lowest BCUT2D eigenvalue weighted by molar-refractivity contribution is -0.135. The van der Waals surface area contributed by atoms with E-state index in [0.717, 1.165) is 32.4 Å². The maximum Gasteiger partial charge on any atom is 0.249 e. The standard InChI is InChI=1S/C12H24N2O2/c1-4-10(5-2)14-12(15)9(3)16-11-6-7-13-8-11/h9-11,13H,4-8H2,1-3H3,(H,14,15). The molecular formula is C12H24N2O2. The molecule has 94 valence electrons. The Morgan fingerprint density at radius 2 is 2.19 bits per heavy atom. The van der Waals surface area contributed by atoms with Gasteiger partial charge in [0.25, 0.3) is 0 Å². The van der Waals surface area contributed by atoms with Crippen molar-refractivity contribution in [3.05, 3.63) is 0 Å². The van der Waals surface area contributed by atoms with Crippen LogP contribution in [0.15, 0.2) is 0 Å². The third-order valence-electron chi connectivity index (χ3n) is 3.11. The molecule has 1 saturated heterocycles. The number of carbonyl (C=O) groups excluding carboxylic acids is 1. The van der Waals surface area contributed by atoms with Gasteiger partial charge >= 0.3 is 0 Å². The van der Waals surface area contributed by atoms with Crippen LogP contribution < -0.4 is 10.6 Å². The van der Waals surface area contributed by atoms with Crippen LogP contribution in [0.5, 0.6) is 0 Å². The van der Waals surface area contributed by atoms with Gasteiger partial charge in [-0.05, 0) is 32.7 Å². The van der Waals surface area contributed by atoms with Crippen molar-refractivity contribution in [3.63, 3.8) is 0 Å². The molecule has 0 bridgehead atoms. The van der Waals surface area contributed by atoms with Crippen molar-refractivity contribution in [3.8, 4) is 0 Å². The first-order chi connectivity index (χ1) is 7.67. The minimum Gasteiger partial charge on any atom is -0.364 e. The molecule has 4 heteroatoms. The molecule has 0 saturated carbocycles. The van der Waals surface area contributed by atoms with Crippen molar-refractivity contribution < 1.29 is 9.53 Å². The largest absolute Gasteiger partial charge is 0.364 e. The lowest BCUT2D eigenvalue weighted by atomic mass is 10.1. The van der Waals surface area contributed by atoms with E-state index in [2.05, 4.69) is 24.5 Å². The molecule has 2 N–H and O–H groups in total. The second kappa shape index (κ2) is 6.86. The average Bonchev–Trinajstić information content (AvgIpc) is 2.78. The molecule has 1 rings (SSSR count). The highest BCUT2D eigenvalue weighted by molar-refractivity contribution is 5.80. The van der Waals surface area contributed by atoms with Crippen LogP contribution in [0.4, 0.5) is 0 Å². The summed E-state index contributed by atoms with van der Waals surface area (Å²) in [7, 11) is 0. The zero-order valence-electron chi connectivity index (χ0n) is 10.6. The third-order valence-corrected chi connectivity index (χ3v) is 3.11. The molecule has 1 heterocycles. The van der Waals surface area contributed by atoms with Crippen molar-refractivity contribution >= 4 is 5.91 Å². The molecular weight excluding hydrogens is 204 g/mol. The fourth-order valence-corrected chi connectivity index (χ4v) is 1.91. The normalized spacial score (nSPS) is 22.4. The van der Waals surface area contributed by atoms with Gasteiger partial charge in [-0.2, -0.15) is 0 Å². The molecule has 2 unspecified atom stereocenters. The van der Waals surface area contributed by atoms with E-state index >= 15 is 0 Å². The molecule has 16 heavy (non-hydrogen) atoms. The van der Waals surface area contributed by atoms with Crippen LogP contribution in [0, 0.1) is 0 Å². The summed E-state index contributed by atoms with van der Waals surface area (Å²) in [5.74, 6) is 0.0144. The molecule has 0 aromatic rings. The fraction of sp³-hybridized carbons (Fsp3) is 0.917. The van der Waals surface area contributed by atoms with Crippen LogP contribution in [-0.2, 0) is 9.53 Å². The van der Waals surface area contributed by atoms with E-state index in [4.69, 9.17) is 4.74 Å². The third kappa shape index (κ3) is 4.10. The monoisotopic (exact) mass is 228 g/mol. The summed E-state index contributed by atoms with van der Waals surface area (Å²) >= 11 is 0. The van der Waals surface area contributed by atoms with Crippen molar-refractivity contribution in [2.24, 2.45) is 0 Å². The lowest BCUT2D eigenvalue weighted by Gasteiger charge is -2.21. The second-order valence-corrected chi connectivity index (χ2v) is 4.42. The molecule has 0 spiro atoms. The Morgan fingerprint density at radius 3 is 2.69 bits per heavy atom. The zero-order chi connectivity index (χ0) is 12.0. The van der Waals surface area contributed by atoms with Gasteiger partial charge in [0, 0.05) is 12.6 Å². The Bertz CT molecular complexity index is 211. The molecule has 0 aromatic heterocycles. The number of nitrogens with one attached hydrogen (secondary N) is 2. The topological polar surface area (TPSA) is 50.4 Å². The first-order valence-electron chi connectivity index (χ1n) is 6.33. The smallest absolute Gasteiger partial charge is 0.249 e. The maximum absolute atomic E-state index is 11.8. The van der Waals surface area contributed by atoms with Gasteiger partial charge in [0.15, 0.2) is 0 Å². The zero-order valence-corrected chi connectivity index (χ0v) is 10.6. The van der Waals surface area contributed by atoms with Crippen molar-refractivity contribution in [1.29, 1.82) is 0 Å². The van der Waals surface area contributed by atoms with E-state index in [9.17, 15) is 4.79 Å². The number of hydrogen-bond donors (Lipinski definition) is 2. The Morgan fingerprint density at radius 1 is 1.50 bits per heavy atom. The highest BCUT2D eigenvalue weighted by atomic mass is 16.5. The van der Waals surface area contributed by atoms with Gasteiger partial charge in [-0.15, -0.1) is 0 Å². The maximum atomic E-state index is 11.8. The minimum absolute atomic E-state index is 0.0144. The van der Waals surface area contributed by atoms with E-state index in [1.807, 2.05) is 6.92 Å². The molecule has 1 aliphatic heterocycles. The summed E-state index contributed by atoms with van der Waals surface area (Å²) in [6, 6.07) is 0.278. The van der Waals surface area contributed by atoms with Gasteiger partial charge in [0.1, 0.15) is 6.10 Å². The van der Waals surface area contributed by atoms with Crippen LogP contribution in [0.1, 0.15) is 40.0 Å². The number of hydrogen-bond acceptors (Lipinski definition) is 3. The van der Waals surface area contributed by atoms with Crippen molar-refractivity contribution in [2.45, 2.75) is 58.3 Å². The Balaban J connectivity index is 2.28. The van der Waals surface area contributed by atoms with Crippen LogP contribution in [0.2, 0.25) is 0 Å². The Kier molecular flexibility index (Phi) is 5.77. The molecule has 2 atom stereocenters. The number of rotatable bonds is 6. The van der Waals surface area contributed by atoms with Gasteiger partial charge in [0.05, 0.1) is 6.10 Å². The first kappa shape index (κ1) is 13.5. The summed E-state index contributed by atoms with van der Waals surface area (Å²) in [5, 5.41) is 6.23. The van der Waals surface area contributed by atoms with E-state index in [0.29, 0.717) is 0 Å². The highest BCUT2D eigenvalue weighted by Crippen LogP contribution is 2.07. The van der Waals surface area contributed by atoms with Crippen LogP contribution >= 0.6 is 0 Å². The molecule has 1 amide bonds. The number of amides is 1. The molecule has 1 aliphatic rings. The summed E-state index contributed by atoms with van der Waals surface area (Å²) in [4.78, 5) is 11.8. The van der Waals surface area contributed by atoms with Gasteiger partial charge in [-0.1, -0.05) is 13.8 Å². The summed E-state index contributed by atoms with van der Waals surface area (Å²) in [6.45, 7) is 7.85. The highest BCUT2D eigenvalue weighted by Gasteiger charge is 2.22. The fourth-order valence-electron chi connectivity index (χ4n) is 1.91. The van der Waals surface area contributed by atoms with Crippen molar-refractivity contribution in [1.82, 2.24) is 10.6 Å². The first-order valence-corrected chi connectivity index (χ1v) is 6.33. The van der Waals surface area contributed by atoms with E-state index < -0.39 is 0 Å². The summed E-state index contributed by atoms with van der Waals surface area (Å²) in [5.41, 5.74) is 0. The van der Waals surface area contributed by atoms with Crippen LogP contribution in [0.3, 0.4) is 0 Å². The van der Waals surface area contributed by atoms with Crippen LogP contribution in [0.25, 0.3) is 0 Å². The quantitative estimate of drug-likeness (QED) is 0.714. The predicted octanol–water partition coefficient (Wildman–Crippen LogP) is 1.06. The van der Waals surface area contributed by atoms with Crippen LogP contribution in [-0.4, -0.2) is 37.2 Å². The molecule has 4 nitrogen and oxygen atoms in total. The second-order valence-electron chi connectivity index (χ2n) is 4.42. The van der Waals surface area contributed by atoms with Gasteiger partial charge in [-0.3, -0.25) is 4.79 Å². The predicted molar refractivity (Wildman–Crippen MR) is 64.3 cm³/mol. The Hall–Kier alpha value is -0.610. The molecule has 0 aromatic carbocycles. The van der Waals surface area contributed by atoms with Gasteiger partial charge < -0.3 is 15.4 Å². The molecule has 0 aliphatic carbocycles. The van der Waals surface area contributed by atoms with E-state index in [-0.39, 0.29) is 24.2 Å². The summed E-state index contributed by atoms with van der Waals surface area (Å²) < 4.78 is 5.69. The van der Waals surface area contributed by atoms with Crippen molar-refractivity contribution in [2.75, 3.05) is 13.1 Å². The van der Waals surface area contributed by atoms with E-state index in [1.54, 1.807) is 0 Å². The minimum atomic E-state index is -0.342. The molecule has 0 radical (unpaired) electrons. The van der Waals surface area contributed by atoms with E-state index in [1.165, 1.54) is 0 Å². The summed E-state index contributed by atoms with van der Waals surface area (Å²) in [6.07, 6.45) is 2.80. The van der Waals surface area contributed by atoms with Gasteiger partial charge in [-0.25, -0.2) is 0 Å². The number of carbonyl (C=O) groups is 1. The Labute approximate surface area is 98.1 Å². The SMILES string of the molecule is CCC(CC)NC(=O)C(C)OC1CCNC1. The van der Waals surface area contributed by atoms with Gasteiger partial charge in [0.2, 0.25) is 5.91 Å².